The van der Waals surface area contributed by atoms with Gasteiger partial charge >= 0.3 is 16.7 Å². The maximum absolute atomic E-state index is 11.8. The van der Waals surface area contributed by atoms with E-state index < -0.39 is 42.1 Å². The Labute approximate surface area is 119 Å². The standard InChI is InChI=1S/C5H12F3N3O7S3/c1-4(9-21(16,17)18-5(6,7)8)20(14,15)11(2)10-19(3,12)13/h4,9-10H,1-3H3. The molecule has 128 valence electrons. The van der Waals surface area contributed by atoms with Gasteiger partial charge in [-0.15, -0.1) is 22.4 Å². The van der Waals surface area contributed by atoms with E-state index >= 15 is 0 Å². The molecular weight excluding hydrogens is 367 g/mol. The molecule has 16 heteroatoms. The van der Waals surface area contributed by atoms with Crippen LogP contribution in [0.2, 0.25) is 0 Å². The summed E-state index contributed by atoms with van der Waals surface area (Å²) in [6.07, 6.45) is -4.94. The molecule has 10 nitrogen and oxygen atoms in total. The molecule has 0 rings (SSSR count). The van der Waals surface area contributed by atoms with Gasteiger partial charge in [-0.1, -0.05) is 0 Å². The van der Waals surface area contributed by atoms with Gasteiger partial charge in [0.2, 0.25) is 20.0 Å². The molecule has 0 heterocycles. The first-order valence-corrected chi connectivity index (χ1v) is 9.51. The lowest BCUT2D eigenvalue weighted by Gasteiger charge is -2.22. The fraction of sp³-hybridized carbons (Fsp3) is 1.00. The van der Waals surface area contributed by atoms with Gasteiger partial charge in [-0.05, 0) is 6.92 Å². The van der Waals surface area contributed by atoms with Crippen molar-refractivity contribution in [3.63, 3.8) is 0 Å². The molecule has 0 spiro atoms. The second-order valence-electron chi connectivity index (χ2n) is 3.62. The minimum absolute atomic E-state index is 0.0309. The van der Waals surface area contributed by atoms with E-state index in [2.05, 4.69) is 4.18 Å². The first kappa shape index (κ1) is 20.5. The van der Waals surface area contributed by atoms with E-state index in [-0.39, 0.29) is 4.41 Å². The van der Waals surface area contributed by atoms with Gasteiger partial charge in [0, 0.05) is 7.05 Å². The van der Waals surface area contributed by atoms with Gasteiger partial charge in [0.15, 0.2) is 0 Å². The zero-order chi connectivity index (χ0) is 17.3. The Morgan fingerprint density at radius 3 is 1.86 bits per heavy atom. The molecular formula is C5H12F3N3O7S3. The van der Waals surface area contributed by atoms with Crippen molar-refractivity contribution in [1.82, 2.24) is 14.0 Å². The van der Waals surface area contributed by atoms with Crippen LogP contribution in [0, 0.1) is 0 Å². The quantitative estimate of drug-likeness (QED) is 0.509. The Morgan fingerprint density at radius 1 is 1.10 bits per heavy atom. The molecule has 0 aromatic carbocycles. The zero-order valence-electron chi connectivity index (χ0n) is 10.7. The maximum atomic E-state index is 11.8. The fourth-order valence-corrected chi connectivity index (χ4v) is 4.24. The van der Waals surface area contributed by atoms with Crippen molar-refractivity contribution in [3.8, 4) is 0 Å². The van der Waals surface area contributed by atoms with E-state index in [0.29, 0.717) is 20.2 Å². The van der Waals surface area contributed by atoms with E-state index in [0.717, 1.165) is 4.72 Å². The highest BCUT2D eigenvalue weighted by atomic mass is 32.2. The van der Waals surface area contributed by atoms with Gasteiger partial charge in [-0.2, -0.15) is 17.3 Å². The Hall–Kier alpha value is -0.520. The maximum Gasteiger partial charge on any atom is 0.538 e. The summed E-state index contributed by atoms with van der Waals surface area (Å²) >= 11 is 0. The molecule has 0 amide bonds. The lowest BCUT2D eigenvalue weighted by atomic mass is 10.8. The van der Waals surface area contributed by atoms with Crippen LogP contribution in [0.1, 0.15) is 6.92 Å². The van der Waals surface area contributed by atoms with Crippen molar-refractivity contribution >= 4 is 30.4 Å². The summed E-state index contributed by atoms with van der Waals surface area (Å²) in [5.41, 5.74) is 0. The van der Waals surface area contributed by atoms with Crippen LogP contribution < -0.4 is 9.55 Å². The molecule has 0 radical (unpaired) electrons. The summed E-state index contributed by atoms with van der Waals surface area (Å²) in [7, 11) is -13.4. The molecule has 1 unspecified atom stereocenters. The molecule has 0 aliphatic rings. The summed E-state index contributed by atoms with van der Waals surface area (Å²) in [6, 6.07) is 0. The van der Waals surface area contributed by atoms with Gasteiger partial charge in [-0.3, -0.25) is 0 Å². The summed E-state index contributed by atoms with van der Waals surface area (Å²) in [5, 5.41) is -2.14. The Morgan fingerprint density at radius 2 is 1.52 bits per heavy atom. The second-order valence-corrected chi connectivity index (χ2v) is 8.94. The predicted molar refractivity (Wildman–Crippen MR) is 63.3 cm³/mol. The monoisotopic (exact) mass is 379 g/mol. The number of hydrazine groups is 1. The topological polar surface area (TPSA) is 139 Å². The lowest BCUT2D eigenvalue weighted by Crippen LogP contribution is -2.51. The summed E-state index contributed by atoms with van der Waals surface area (Å²) in [6.45, 7) is 0.674. The number of hydrogen-bond donors (Lipinski definition) is 2. The molecule has 0 saturated heterocycles. The third-order valence-corrected chi connectivity index (χ3v) is 5.42. The number of alkyl halides is 3. The summed E-state index contributed by atoms with van der Waals surface area (Å²) in [5.74, 6) is 0. The average molecular weight is 379 g/mol. The van der Waals surface area contributed by atoms with Gasteiger partial charge in [0.05, 0.1) is 6.26 Å². The van der Waals surface area contributed by atoms with Crippen LogP contribution in [-0.4, -0.2) is 54.7 Å². The molecule has 0 aliphatic carbocycles. The summed E-state index contributed by atoms with van der Waals surface area (Å²) in [4.78, 5) is 1.49. The third kappa shape index (κ3) is 7.88. The van der Waals surface area contributed by atoms with E-state index in [1.54, 1.807) is 0 Å². The molecule has 1 atom stereocenters. The van der Waals surface area contributed by atoms with E-state index in [1.165, 1.54) is 4.83 Å². The first-order chi connectivity index (χ1) is 8.96. The van der Waals surface area contributed by atoms with Crippen LogP contribution in [0.25, 0.3) is 0 Å². The van der Waals surface area contributed by atoms with Crippen molar-refractivity contribution in [2.45, 2.75) is 18.7 Å². The highest BCUT2D eigenvalue weighted by molar-refractivity contribution is 7.93. The minimum Gasteiger partial charge on any atom is -0.211 e. The fourth-order valence-electron chi connectivity index (χ4n) is 0.935. The predicted octanol–water partition coefficient (Wildman–Crippen LogP) is -1.57. The minimum atomic E-state index is -5.55. The van der Waals surface area contributed by atoms with Gasteiger partial charge < -0.3 is 0 Å². The van der Waals surface area contributed by atoms with Crippen molar-refractivity contribution in [2.75, 3.05) is 13.3 Å². The number of halogens is 3. The Bertz CT molecular complexity index is 668. The number of rotatable bonds is 7. The normalized spacial score (nSPS) is 16.1. The van der Waals surface area contributed by atoms with Gasteiger partial charge in [-0.25, -0.2) is 16.8 Å². The number of nitrogens with zero attached hydrogens (tertiary/aromatic N) is 1. The largest absolute Gasteiger partial charge is 0.538 e. The van der Waals surface area contributed by atoms with Gasteiger partial charge in [0.25, 0.3) is 0 Å². The van der Waals surface area contributed by atoms with Crippen LogP contribution >= 0.6 is 0 Å². The highest BCUT2D eigenvalue weighted by Gasteiger charge is 2.39. The second kappa shape index (κ2) is 6.31. The van der Waals surface area contributed by atoms with Crippen LogP contribution in [0.15, 0.2) is 0 Å². The first-order valence-electron chi connectivity index (χ1n) is 4.71. The molecule has 0 aromatic rings. The van der Waals surface area contributed by atoms with Crippen LogP contribution in [0.3, 0.4) is 0 Å². The molecule has 0 aromatic heterocycles. The van der Waals surface area contributed by atoms with Crippen LogP contribution in [0.5, 0.6) is 0 Å². The lowest BCUT2D eigenvalue weighted by molar-refractivity contribution is -0.272. The third-order valence-electron chi connectivity index (χ3n) is 1.64. The molecule has 0 fully saturated rings. The average Bonchev–Trinajstić information content (AvgIpc) is 2.08. The Balaban J connectivity index is 5.13. The zero-order valence-corrected chi connectivity index (χ0v) is 13.2. The molecule has 0 bridgehead atoms. The van der Waals surface area contributed by atoms with Crippen molar-refractivity contribution in [3.05, 3.63) is 0 Å². The SMILES string of the molecule is CC(NS(=O)(=O)OC(F)(F)F)S(=O)(=O)N(C)NS(C)(=O)=O. The van der Waals surface area contributed by atoms with E-state index in [9.17, 15) is 38.4 Å². The van der Waals surface area contributed by atoms with Gasteiger partial charge in [0.1, 0.15) is 5.37 Å². The number of hydrogen-bond acceptors (Lipinski definition) is 7. The molecule has 0 aliphatic heterocycles. The number of sulfonamides is 2. The van der Waals surface area contributed by atoms with Crippen LogP contribution in [-0.2, 0) is 34.5 Å². The van der Waals surface area contributed by atoms with Crippen LogP contribution in [0.4, 0.5) is 13.2 Å². The van der Waals surface area contributed by atoms with E-state index in [1.807, 2.05) is 0 Å². The molecule has 0 saturated carbocycles. The highest BCUT2D eigenvalue weighted by Crippen LogP contribution is 2.19. The molecule has 21 heavy (non-hydrogen) atoms. The summed E-state index contributed by atoms with van der Waals surface area (Å²) < 4.78 is 106. The Kier molecular flexibility index (Phi) is 6.15. The van der Waals surface area contributed by atoms with Crippen molar-refractivity contribution < 1.29 is 42.6 Å². The number of nitrogens with one attached hydrogen (secondary N) is 2. The van der Waals surface area contributed by atoms with Crippen molar-refractivity contribution in [1.29, 1.82) is 0 Å². The van der Waals surface area contributed by atoms with E-state index in [4.69, 9.17) is 0 Å². The molecule has 2 N–H and O–H groups in total. The smallest absolute Gasteiger partial charge is 0.211 e. The van der Waals surface area contributed by atoms with Crippen molar-refractivity contribution in [2.24, 2.45) is 0 Å².